The monoisotopic (exact) mass is 232 g/mol. The second-order valence-electron chi connectivity index (χ2n) is 4.27. The summed E-state index contributed by atoms with van der Waals surface area (Å²) >= 11 is 0. The van der Waals surface area contributed by atoms with Crippen LogP contribution in [0.4, 0.5) is 0 Å². The van der Waals surface area contributed by atoms with Crippen LogP contribution in [0.25, 0.3) is 0 Å². The molecule has 0 bridgehead atoms. The molecule has 4 heteroatoms. The first-order valence-electron chi connectivity index (χ1n) is 5.22. The number of carboxylic acid groups (broad SMARTS) is 2. The van der Waals surface area contributed by atoms with Gasteiger partial charge in [-0.05, 0) is 18.1 Å². The van der Waals surface area contributed by atoms with E-state index in [9.17, 15) is 14.7 Å². The van der Waals surface area contributed by atoms with E-state index in [0.717, 1.165) is 0 Å². The number of carboxylic acids is 2. The Labute approximate surface area is 98.2 Å². The molecular formula is C13H12O4. The highest BCUT2D eigenvalue weighted by Gasteiger charge is 2.39. The predicted octanol–water partition coefficient (Wildman–Crippen LogP) is 1.77. The van der Waals surface area contributed by atoms with Crippen molar-refractivity contribution in [2.45, 2.75) is 18.3 Å². The van der Waals surface area contributed by atoms with E-state index in [1.165, 1.54) is 12.2 Å². The smallest absolute Gasteiger partial charge is 0.317 e. The van der Waals surface area contributed by atoms with Crippen molar-refractivity contribution in [2.24, 2.45) is 0 Å². The standard InChI is InChI=1S/C13H12O4/c1-13(12(16)17)7-6-9(11(14)15)8-4-2-3-5-10(8)13/h2-7,9H,1H3,(H,14,15)(H,16,17)/t9-,13-/m0/s1. The summed E-state index contributed by atoms with van der Waals surface area (Å²) in [7, 11) is 0. The van der Waals surface area contributed by atoms with Gasteiger partial charge in [-0.25, -0.2) is 0 Å². The van der Waals surface area contributed by atoms with Crippen LogP contribution >= 0.6 is 0 Å². The van der Waals surface area contributed by atoms with Crippen LogP contribution in [0.3, 0.4) is 0 Å². The second kappa shape index (κ2) is 3.73. The van der Waals surface area contributed by atoms with E-state index < -0.39 is 23.3 Å². The molecule has 0 aromatic heterocycles. The third-order valence-electron chi connectivity index (χ3n) is 3.19. The Morgan fingerprint density at radius 2 is 1.88 bits per heavy atom. The molecule has 0 heterocycles. The molecule has 4 nitrogen and oxygen atoms in total. The van der Waals surface area contributed by atoms with Gasteiger partial charge >= 0.3 is 11.9 Å². The van der Waals surface area contributed by atoms with E-state index in [1.807, 2.05) is 0 Å². The summed E-state index contributed by atoms with van der Waals surface area (Å²) in [5.74, 6) is -2.72. The number of hydrogen-bond acceptors (Lipinski definition) is 2. The maximum Gasteiger partial charge on any atom is 0.317 e. The van der Waals surface area contributed by atoms with Crippen molar-refractivity contribution >= 4 is 11.9 Å². The van der Waals surface area contributed by atoms with Crippen molar-refractivity contribution in [3.63, 3.8) is 0 Å². The molecule has 2 atom stereocenters. The number of carbonyl (C=O) groups is 2. The van der Waals surface area contributed by atoms with E-state index in [1.54, 1.807) is 31.2 Å². The van der Waals surface area contributed by atoms with E-state index in [-0.39, 0.29) is 0 Å². The highest BCUT2D eigenvalue weighted by molar-refractivity contribution is 5.88. The Hall–Kier alpha value is -2.10. The Balaban J connectivity index is 2.65. The molecule has 1 aromatic carbocycles. The molecule has 2 N–H and O–H groups in total. The average molecular weight is 232 g/mol. The van der Waals surface area contributed by atoms with Crippen molar-refractivity contribution in [1.82, 2.24) is 0 Å². The number of hydrogen-bond donors (Lipinski definition) is 2. The molecule has 0 spiro atoms. The lowest BCUT2D eigenvalue weighted by atomic mass is 9.72. The summed E-state index contributed by atoms with van der Waals surface area (Å²) in [6, 6.07) is 6.77. The number of rotatable bonds is 2. The average Bonchev–Trinajstić information content (AvgIpc) is 2.29. The molecule has 0 fully saturated rings. The lowest BCUT2D eigenvalue weighted by Crippen LogP contribution is -2.35. The van der Waals surface area contributed by atoms with Gasteiger partial charge in [-0.3, -0.25) is 9.59 Å². The summed E-state index contributed by atoms with van der Waals surface area (Å²) in [6.45, 7) is 1.57. The molecule has 0 unspecified atom stereocenters. The number of fused-ring (bicyclic) bond motifs is 1. The van der Waals surface area contributed by atoms with Crippen molar-refractivity contribution in [3.05, 3.63) is 47.5 Å². The van der Waals surface area contributed by atoms with E-state index in [0.29, 0.717) is 11.1 Å². The van der Waals surface area contributed by atoms with Crippen molar-refractivity contribution < 1.29 is 19.8 Å². The molecule has 1 aliphatic rings. The van der Waals surface area contributed by atoms with Gasteiger partial charge < -0.3 is 10.2 Å². The Bertz CT molecular complexity index is 518. The molecule has 0 aliphatic heterocycles. The lowest BCUT2D eigenvalue weighted by Gasteiger charge is -2.30. The van der Waals surface area contributed by atoms with Gasteiger partial charge in [0.05, 0.1) is 0 Å². The molecule has 88 valence electrons. The minimum absolute atomic E-state index is 0.544. The fourth-order valence-electron chi connectivity index (χ4n) is 2.13. The largest absolute Gasteiger partial charge is 0.481 e. The minimum atomic E-state index is -1.15. The molecule has 1 aromatic rings. The van der Waals surface area contributed by atoms with Crippen molar-refractivity contribution in [2.75, 3.05) is 0 Å². The molecule has 0 amide bonds. The minimum Gasteiger partial charge on any atom is -0.481 e. The Morgan fingerprint density at radius 1 is 1.24 bits per heavy atom. The van der Waals surface area contributed by atoms with Crippen LogP contribution in [0.1, 0.15) is 24.0 Å². The van der Waals surface area contributed by atoms with Crippen LogP contribution in [-0.2, 0) is 15.0 Å². The van der Waals surface area contributed by atoms with Crippen LogP contribution in [0, 0.1) is 0 Å². The Kier molecular flexibility index (Phi) is 2.50. The molecule has 0 saturated heterocycles. The fraction of sp³-hybridized carbons (Fsp3) is 0.231. The van der Waals surface area contributed by atoms with Gasteiger partial charge in [0.15, 0.2) is 0 Å². The van der Waals surface area contributed by atoms with Gasteiger partial charge in [0.2, 0.25) is 0 Å². The third kappa shape index (κ3) is 1.62. The normalized spacial score (nSPS) is 26.3. The van der Waals surface area contributed by atoms with Crippen molar-refractivity contribution in [3.8, 4) is 0 Å². The second-order valence-corrected chi connectivity index (χ2v) is 4.27. The number of aliphatic carboxylic acids is 2. The first-order chi connectivity index (χ1) is 7.97. The van der Waals surface area contributed by atoms with Crippen LogP contribution in [0.5, 0.6) is 0 Å². The quantitative estimate of drug-likeness (QED) is 0.762. The van der Waals surface area contributed by atoms with Gasteiger partial charge in [-0.1, -0.05) is 36.4 Å². The first kappa shape index (κ1) is 11.4. The summed E-state index contributed by atoms with van der Waals surface area (Å²) in [6.07, 6.45) is 2.90. The van der Waals surface area contributed by atoms with Gasteiger partial charge in [0.25, 0.3) is 0 Å². The molecular weight excluding hydrogens is 220 g/mol. The van der Waals surface area contributed by atoms with Crippen molar-refractivity contribution in [1.29, 1.82) is 0 Å². The summed E-state index contributed by atoms with van der Waals surface area (Å²) < 4.78 is 0. The van der Waals surface area contributed by atoms with Gasteiger partial charge in [0, 0.05) is 0 Å². The van der Waals surface area contributed by atoms with E-state index in [4.69, 9.17) is 5.11 Å². The van der Waals surface area contributed by atoms with Crippen LogP contribution in [0.15, 0.2) is 36.4 Å². The molecule has 0 saturated carbocycles. The maximum atomic E-state index is 11.3. The first-order valence-corrected chi connectivity index (χ1v) is 5.22. The van der Waals surface area contributed by atoms with Crippen LogP contribution < -0.4 is 0 Å². The van der Waals surface area contributed by atoms with Gasteiger partial charge in [0.1, 0.15) is 11.3 Å². The molecule has 1 aliphatic carbocycles. The van der Waals surface area contributed by atoms with Crippen LogP contribution in [-0.4, -0.2) is 22.2 Å². The summed E-state index contributed by atoms with van der Waals surface area (Å²) in [5, 5.41) is 18.4. The lowest BCUT2D eigenvalue weighted by molar-refractivity contribution is -0.142. The fourth-order valence-corrected chi connectivity index (χ4v) is 2.13. The van der Waals surface area contributed by atoms with Gasteiger partial charge in [-0.2, -0.15) is 0 Å². The SMILES string of the molecule is C[C@]1(C(=O)O)C=C[C@H](C(=O)O)c2ccccc21. The highest BCUT2D eigenvalue weighted by Crippen LogP contribution is 2.38. The topological polar surface area (TPSA) is 74.6 Å². The molecule has 17 heavy (non-hydrogen) atoms. The maximum absolute atomic E-state index is 11.3. The highest BCUT2D eigenvalue weighted by atomic mass is 16.4. The molecule has 2 rings (SSSR count). The predicted molar refractivity (Wildman–Crippen MR) is 60.9 cm³/mol. The van der Waals surface area contributed by atoms with Gasteiger partial charge in [-0.15, -0.1) is 0 Å². The summed E-state index contributed by atoms with van der Waals surface area (Å²) in [4.78, 5) is 22.4. The third-order valence-corrected chi connectivity index (χ3v) is 3.19. The zero-order valence-corrected chi connectivity index (χ0v) is 9.25. The number of benzene rings is 1. The van der Waals surface area contributed by atoms with E-state index in [2.05, 4.69) is 0 Å². The Morgan fingerprint density at radius 3 is 2.47 bits per heavy atom. The zero-order valence-electron chi connectivity index (χ0n) is 9.25. The zero-order chi connectivity index (χ0) is 12.6. The van der Waals surface area contributed by atoms with Crippen LogP contribution in [0.2, 0.25) is 0 Å². The molecule has 0 radical (unpaired) electrons. The van der Waals surface area contributed by atoms with E-state index >= 15 is 0 Å². The summed E-state index contributed by atoms with van der Waals surface area (Å²) in [5.41, 5.74) is -0.0578.